The maximum atomic E-state index is 12.8. The first-order valence-corrected chi connectivity index (χ1v) is 9.79. The second-order valence-corrected chi connectivity index (χ2v) is 8.07. The molecule has 0 bridgehead atoms. The molecule has 2 aliphatic rings. The Morgan fingerprint density at radius 3 is 2.83 bits per heavy atom. The van der Waals surface area contributed by atoms with E-state index in [4.69, 9.17) is 4.98 Å². The fourth-order valence-electron chi connectivity index (χ4n) is 4.14. The Balaban J connectivity index is 1.48. The lowest BCUT2D eigenvalue weighted by molar-refractivity contribution is 0.0932. The minimum atomic E-state index is 0.0475. The van der Waals surface area contributed by atoms with Gasteiger partial charge in [-0.1, -0.05) is 12.8 Å². The van der Waals surface area contributed by atoms with Crippen LogP contribution in [0.25, 0.3) is 0 Å². The summed E-state index contributed by atoms with van der Waals surface area (Å²) in [5.41, 5.74) is 0.886. The smallest absolute Gasteiger partial charge is 0.263 e. The van der Waals surface area contributed by atoms with E-state index in [0.29, 0.717) is 12.0 Å². The van der Waals surface area contributed by atoms with Gasteiger partial charge in [-0.15, -0.1) is 11.3 Å². The van der Waals surface area contributed by atoms with Gasteiger partial charge in [-0.3, -0.25) is 4.79 Å². The van der Waals surface area contributed by atoms with Crippen LogP contribution in [0.4, 0.5) is 0 Å². The number of carbonyl (C=O) groups excluding carboxylic acids is 1. The van der Waals surface area contributed by atoms with E-state index in [-0.39, 0.29) is 11.9 Å². The molecule has 0 unspecified atom stereocenters. The molecular formula is C18H24N4OS. The highest BCUT2D eigenvalue weighted by Gasteiger charge is 2.31. The molecule has 1 N–H and O–H groups in total. The van der Waals surface area contributed by atoms with Gasteiger partial charge in [0, 0.05) is 24.4 Å². The number of hydrogen-bond donors (Lipinski definition) is 1. The lowest BCUT2D eigenvalue weighted by Crippen LogP contribution is -2.38. The predicted octanol–water partition coefficient (Wildman–Crippen LogP) is 3.83. The zero-order chi connectivity index (χ0) is 16.5. The van der Waals surface area contributed by atoms with Crippen molar-refractivity contribution in [1.82, 2.24) is 19.9 Å². The standard InChI is InChI=1S/C18H24N4OS/c1-12-16(24-18(20-12)13-5-2-3-6-13)17(23)21-14-7-4-8-15(14)22-10-9-19-11-22/h9-11,13-15H,2-8H2,1H3,(H,21,23)/t14-,15-/m1/s1. The highest BCUT2D eigenvalue weighted by molar-refractivity contribution is 7.13. The molecule has 2 aromatic rings. The van der Waals surface area contributed by atoms with Crippen molar-refractivity contribution in [2.45, 2.75) is 69.9 Å². The van der Waals surface area contributed by atoms with Gasteiger partial charge in [0.15, 0.2) is 0 Å². The van der Waals surface area contributed by atoms with Crippen molar-refractivity contribution in [3.63, 3.8) is 0 Å². The quantitative estimate of drug-likeness (QED) is 0.917. The molecule has 2 aliphatic carbocycles. The fraction of sp³-hybridized carbons (Fsp3) is 0.611. The number of rotatable bonds is 4. The molecule has 2 aromatic heterocycles. The minimum Gasteiger partial charge on any atom is -0.346 e. The van der Waals surface area contributed by atoms with Crippen molar-refractivity contribution in [2.24, 2.45) is 0 Å². The molecule has 5 nitrogen and oxygen atoms in total. The Labute approximate surface area is 146 Å². The number of nitrogens with zero attached hydrogens (tertiary/aromatic N) is 3. The van der Waals surface area contributed by atoms with Gasteiger partial charge in [-0.25, -0.2) is 9.97 Å². The Bertz CT molecular complexity index is 703. The van der Waals surface area contributed by atoms with Crippen LogP contribution >= 0.6 is 11.3 Å². The average Bonchev–Trinajstić information content (AvgIpc) is 3.34. The van der Waals surface area contributed by atoms with Crippen molar-refractivity contribution in [2.75, 3.05) is 0 Å². The van der Waals surface area contributed by atoms with Crippen molar-refractivity contribution >= 4 is 17.2 Å². The second kappa shape index (κ2) is 6.67. The maximum Gasteiger partial charge on any atom is 0.263 e. The third-order valence-electron chi connectivity index (χ3n) is 5.43. The third-order valence-corrected chi connectivity index (χ3v) is 6.75. The SMILES string of the molecule is Cc1nc(C2CCCC2)sc1C(=O)N[C@@H]1CCC[C@H]1n1ccnc1. The molecule has 2 saturated carbocycles. The number of aromatic nitrogens is 3. The van der Waals surface area contributed by atoms with E-state index < -0.39 is 0 Å². The Kier molecular flexibility index (Phi) is 4.39. The Morgan fingerprint density at radius 2 is 2.08 bits per heavy atom. The van der Waals surface area contributed by atoms with Crippen LogP contribution < -0.4 is 5.32 Å². The van der Waals surface area contributed by atoms with Crippen LogP contribution in [0.5, 0.6) is 0 Å². The first-order chi connectivity index (χ1) is 11.7. The Hall–Kier alpha value is -1.69. The summed E-state index contributed by atoms with van der Waals surface area (Å²) in [5.74, 6) is 0.617. The lowest BCUT2D eigenvalue weighted by atomic mass is 10.1. The summed E-state index contributed by atoms with van der Waals surface area (Å²) in [6.07, 6.45) is 13.9. The van der Waals surface area contributed by atoms with Crippen LogP contribution in [-0.4, -0.2) is 26.5 Å². The molecule has 0 spiro atoms. The van der Waals surface area contributed by atoms with Crippen LogP contribution in [0.3, 0.4) is 0 Å². The number of amides is 1. The molecule has 0 radical (unpaired) electrons. The largest absolute Gasteiger partial charge is 0.346 e. The highest BCUT2D eigenvalue weighted by Crippen LogP contribution is 2.37. The van der Waals surface area contributed by atoms with E-state index in [1.165, 1.54) is 25.7 Å². The van der Waals surface area contributed by atoms with Gasteiger partial charge in [0.25, 0.3) is 5.91 Å². The third kappa shape index (κ3) is 2.99. The molecular weight excluding hydrogens is 320 g/mol. The van der Waals surface area contributed by atoms with E-state index >= 15 is 0 Å². The molecule has 0 aromatic carbocycles. The zero-order valence-electron chi connectivity index (χ0n) is 14.1. The molecule has 2 heterocycles. The molecule has 2 fully saturated rings. The predicted molar refractivity (Wildman–Crippen MR) is 94.4 cm³/mol. The first-order valence-electron chi connectivity index (χ1n) is 8.98. The van der Waals surface area contributed by atoms with Crippen LogP contribution in [0.15, 0.2) is 18.7 Å². The second-order valence-electron chi connectivity index (χ2n) is 7.04. The summed E-state index contributed by atoms with van der Waals surface area (Å²) in [6, 6.07) is 0.502. The van der Waals surface area contributed by atoms with Crippen molar-refractivity contribution in [1.29, 1.82) is 0 Å². The van der Waals surface area contributed by atoms with Gasteiger partial charge in [0.1, 0.15) is 4.88 Å². The topological polar surface area (TPSA) is 59.8 Å². The molecule has 24 heavy (non-hydrogen) atoms. The summed E-state index contributed by atoms with van der Waals surface area (Å²) >= 11 is 1.60. The van der Waals surface area contributed by atoms with Crippen LogP contribution in [0.1, 0.15) is 77.3 Å². The van der Waals surface area contributed by atoms with Gasteiger partial charge in [-0.2, -0.15) is 0 Å². The van der Waals surface area contributed by atoms with E-state index in [1.807, 2.05) is 19.4 Å². The zero-order valence-corrected chi connectivity index (χ0v) is 14.9. The number of carbonyl (C=O) groups is 1. The van der Waals surface area contributed by atoms with Crippen LogP contribution in [0, 0.1) is 6.92 Å². The maximum absolute atomic E-state index is 12.8. The van der Waals surface area contributed by atoms with Crippen molar-refractivity contribution < 1.29 is 4.79 Å². The molecule has 4 rings (SSSR count). The van der Waals surface area contributed by atoms with E-state index in [2.05, 4.69) is 14.9 Å². The highest BCUT2D eigenvalue weighted by atomic mass is 32.1. The lowest BCUT2D eigenvalue weighted by Gasteiger charge is -2.21. The van der Waals surface area contributed by atoms with Crippen molar-refractivity contribution in [3.8, 4) is 0 Å². The van der Waals surface area contributed by atoms with Gasteiger partial charge >= 0.3 is 0 Å². The Morgan fingerprint density at radius 1 is 1.25 bits per heavy atom. The summed E-state index contributed by atoms with van der Waals surface area (Å²) in [4.78, 5) is 22.4. The van der Waals surface area contributed by atoms with Crippen LogP contribution in [0.2, 0.25) is 0 Å². The van der Waals surface area contributed by atoms with E-state index in [9.17, 15) is 4.79 Å². The summed E-state index contributed by atoms with van der Waals surface area (Å²) < 4.78 is 2.13. The number of hydrogen-bond acceptors (Lipinski definition) is 4. The van der Waals surface area contributed by atoms with E-state index in [1.54, 1.807) is 17.5 Å². The molecule has 1 amide bonds. The number of aryl methyl sites for hydroxylation is 1. The number of imidazole rings is 1. The van der Waals surface area contributed by atoms with Gasteiger partial charge in [0.05, 0.1) is 23.1 Å². The summed E-state index contributed by atoms with van der Waals surface area (Å²) in [5, 5.41) is 4.42. The molecule has 2 atom stereocenters. The normalized spacial score (nSPS) is 24.5. The van der Waals surface area contributed by atoms with Gasteiger partial charge in [0.2, 0.25) is 0 Å². The monoisotopic (exact) mass is 344 g/mol. The molecule has 0 aliphatic heterocycles. The first kappa shape index (κ1) is 15.8. The van der Waals surface area contributed by atoms with Crippen molar-refractivity contribution in [3.05, 3.63) is 34.3 Å². The van der Waals surface area contributed by atoms with Crippen LogP contribution in [-0.2, 0) is 0 Å². The molecule has 128 valence electrons. The molecule has 6 heteroatoms. The minimum absolute atomic E-state index is 0.0475. The fourth-order valence-corrected chi connectivity index (χ4v) is 5.28. The summed E-state index contributed by atoms with van der Waals surface area (Å²) in [6.45, 7) is 1.96. The van der Waals surface area contributed by atoms with Gasteiger partial charge < -0.3 is 9.88 Å². The molecule has 0 saturated heterocycles. The number of thiazole rings is 1. The number of nitrogens with one attached hydrogen (secondary N) is 1. The average molecular weight is 344 g/mol. The van der Waals surface area contributed by atoms with Gasteiger partial charge in [-0.05, 0) is 39.0 Å². The van der Waals surface area contributed by atoms with E-state index in [0.717, 1.165) is 34.8 Å². The summed E-state index contributed by atoms with van der Waals surface area (Å²) in [7, 11) is 0.